The van der Waals surface area contributed by atoms with Gasteiger partial charge in [0.1, 0.15) is 0 Å². The summed E-state index contributed by atoms with van der Waals surface area (Å²) in [6.45, 7) is 3.81. The maximum atomic E-state index is 11.5. The van der Waals surface area contributed by atoms with Gasteiger partial charge in [-0.05, 0) is 29.6 Å². The number of hydrogen-bond donors (Lipinski definition) is 0. The molecule has 0 saturated heterocycles. The van der Waals surface area contributed by atoms with Crippen LogP contribution >= 0.6 is 0 Å². The Morgan fingerprint density at radius 2 is 1.87 bits per heavy atom. The van der Waals surface area contributed by atoms with Gasteiger partial charge in [-0.25, -0.2) is 0 Å². The minimum Gasteiger partial charge on any atom is -0.294 e. The molecule has 15 heavy (non-hydrogen) atoms. The molecule has 2 rings (SSSR count). The average Bonchev–Trinajstić information content (AvgIpc) is 2.56. The van der Waals surface area contributed by atoms with Gasteiger partial charge in [0.25, 0.3) is 0 Å². The summed E-state index contributed by atoms with van der Waals surface area (Å²) in [5.41, 5.74) is 3.16. The number of hydrogen-bond acceptors (Lipinski definition) is 1. The molecule has 0 unspecified atom stereocenters. The Morgan fingerprint density at radius 1 is 1.13 bits per heavy atom. The summed E-state index contributed by atoms with van der Waals surface area (Å²) in [5, 5.41) is 0. The van der Waals surface area contributed by atoms with Gasteiger partial charge in [0, 0.05) is 6.42 Å². The van der Waals surface area contributed by atoms with Crippen molar-refractivity contribution in [2.45, 2.75) is 19.3 Å². The summed E-state index contributed by atoms with van der Waals surface area (Å²) in [7, 11) is 0. The van der Waals surface area contributed by atoms with Crippen molar-refractivity contribution >= 4 is 5.78 Å². The molecule has 0 atom stereocenters. The Hall–Kier alpha value is -1.63. The van der Waals surface area contributed by atoms with Crippen LogP contribution in [0.1, 0.15) is 18.4 Å². The van der Waals surface area contributed by atoms with Crippen LogP contribution in [0.15, 0.2) is 54.1 Å². The van der Waals surface area contributed by atoms with Gasteiger partial charge in [-0.2, -0.15) is 0 Å². The predicted molar refractivity (Wildman–Crippen MR) is 61.6 cm³/mol. The number of ketones is 1. The van der Waals surface area contributed by atoms with E-state index in [-0.39, 0.29) is 5.78 Å². The Labute approximate surface area is 90.1 Å². The minimum absolute atomic E-state index is 0.246. The van der Waals surface area contributed by atoms with Crippen molar-refractivity contribution in [1.29, 1.82) is 0 Å². The maximum Gasteiger partial charge on any atom is 0.163 e. The van der Waals surface area contributed by atoms with E-state index in [1.54, 1.807) is 0 Å². The number of carbonyl (C=O) groups excluding carboxylic acids is 1. The van der Waals surface area contributed by atoms with Gasteiger partial charge >= 0.3 is 0 Å². The normalized spacial score (nSPS) is 15.6. The smallest absolute Gasteiger partial charge is 0.163 e. The number of allylic oxidation sites excluding steroid dienone is 3. The summed E-state index contributed by atoms with van der Waals surface area (Å²) in [5.74, 6) is 0.246. The van der Waals surface area contributed by atoms with Crippen molar-refractivity contribution < 1.29 is 4.79 Å². The van der Waals surface area contributed by atoms with Gasteiger partial charge in [-0.15, -0.1) is 0 Å². The second kappa shape index (κ2) is 4.26. The molecule has 0 amide bonds. The number of Topliss-reactive ketones (excluding diaryl/α,β-unsaturated/α-hetero) is 1. The number of aryl methyl sites for hydroxylation is 1. The van der Waals surface area contributed by atoms with E-state index in [1.165, 1.54) is 5.56 Å². The summed E-state index contributed by atoms with van der Waals surface area (Å²) in [6, 6.07) is 10.2. The quantitative estimate of drug-likeness (QED) is 0.729. The second-order valence-corrected chi connectivity index (χ2v) is 3.91. The highest BCUT2D eigenvalue weighted by molar-refractivity contribution is 6.00. The first-order valence-corrected chi connectivity index (χ1v) is 5.21. The molecule has 0 aliphatic heterocycles. The molecule has 0 aromatic heterocycles. The molecule has 1 aromatic rings. The number of benzene rings is 1. The third kappa shape index (κ3) is 2.44. The highest BCUT2D eigenvalue weighted by Crippen LogP contribution is 2.22. The molecule has 0 radical (unpaired) electrons. The van der Waals surface area contributed by atoms with Crippen molar-refractivity contribution in [2.24, 2.45) is 0 Å². The zero-order valence-electron chi connectivity index (χ0n) is 8.70. The van der Waals surface area contributed by atoms with Gasteiger partial charge in [-0.1, -0.05) is 43.0 Å². The first-order valence-electron chi connectivity index (χ1n) is 5.21. The second-order valence-electron chi connectivity index (χ2n) is 3.91. The molecule has 1 heteroatoms. The molecule has 0 bridgehead atoms. The van der Waals surface area contributed by atoms with Crippen LogP contribution in [0, 0.1) is 0 Å². The van der Waals surface area contributed by atoms with Crippen molar-refractivity contribution in [3.05, 3.63) is 59.7 Å². The van der Waals surface area contributed by atoms with Gasteiger partial charge in [0.15, 0.2) is 5.78 Å². The number of rotatable bonds is 3. The zero-order chi connectivity index (χ0) is 10.7. The van der Waals surface area contributed by atoms with Crippen LogP contribution < -0.4 is 0 Å². The summed E-state index contributed by atoms with van der Waals surface area (Å²) >= 11 is 0. The summed E-state index contributed by atoms with van der Waals surface area (Å²) in [4.78, 5) is 11.5. The molecule has 76 valence electrons. The van der Waals surface area contributed by atoms with Gasteiger partial charge in [-0.3, -0.25) is 4.79 Å². The Balaban J connectivity index is 1.97. The highest BCUT2D eigenvalue weighted by atomic mass is 16.1. The maximum absolute atomic E-state index is 11.5. The molecule has 0 N–H and O–H groups in total. The molecule has 0 fully saturated rings. The van der Waals surface area contributed by atoms with E-state index >= 15 is 0 Å². The number of carbonyl (C=O) groups is 1. The molecule has 0 heterocycles. The van der Waals surface area contributed by atoms with E-state index in [1.807, 2.05) is 24.3 Å². The fourth-order valence-electron chi connectivity index (χ4n) is 1.83. The summed E-state index contributed by atoms with van der Waals surface area (Å²) in [6.07, 6.45) is 4.23. The van der Waals surface area contributed by atoms with E-state index in [0.717, 1.165) is 24.0 Å². The Kier molecular flexibility index (Phi) is 2.82. The van der Waals surface area contributed by atoms with Crippen molar-refractivity contribution in [3.8, 4) is 0 Å². The molecule has 1 nitrogen and oxygen atoms in total. The lowest BCUT2D eigenvalue weighted by Gasteiger charge is -2.00. The minimum atomic E-state index is 0.246. The van der Waals surface area contributed by atoms with Crippen molar-refractivity contribution in [1.82, 2.24) is 0 Å². The predicted octanol–water partition coefficient (Wildman–Crippen LogP) is 3.07. The lowest BCUT2D eigenvalue weighted by atomic mass is 10.0. The van der Waals surface area contributed by atoms with E-state index < -0.39 is 0 Å². The van der Waals surface area contributed by atoms with E-state index in [4.69, 9.17) is 0 Å². The molecular weight excluding hydrogens is 184 g/mol. The SMILES string of the molecule is C=C1C=C(CCc2ccccc2)C(=O)C1. The lowest BCUT2D eigenvalue weighted by molar-refractivity contribution is -0.114. The standard InChI is InChI=1S/C14H14O/c1-11-9-13(14(15)10-11)8-7-12-5-3-2-4-6-12/h2-6,9H,1,7-8,10H2. The molecule has 0 spiro atoms. The van der Waals surface area contributed by atoms with Crippen LogP contribution in [0.2, 0.25) is 0 Å². The highest BCUT2D eigenvalue weighted by Gasteiger charge is 2.16. The molecular formula is C14H14O. The lowest BCUT2D eigenvalue weighted by Crippen LogP contribution is -1.97. The largest absolute Gasteiger partial charge is 0.294 e. The van der Waals surface area contributed by atoms with Crippen molar-refractivity contribution in [3.63, 3.8) is 0 Å². The first kappa shape index (κ1) is 9.91. The molecule has 1 aliphatic rings. The van der Waals surface area contributed by atoms with Crippen LogP contribution in [0.4, 0.5) is 0 Å². The third-order valence-electron chi connectivity index (χ3n) is 2.65. The van der Waals surface area contributed by atoms with Crippen LogP contribution in [0.5, 0.6) is 0 Å². The fourth-order valence-corrected chi connectivity index (χ4v) is 1.83. The van der Waals surface area contributed by atoms with Crippen LogP contribution in [-0.4, -0.2) is 5.78 Å². The van der Waals surface area contributed by atoms with Gasteiger partial charge < -0.3 is 0 Å². The van der Waals surface area contributed by atoms with Crippen molar-refractivity contribution in [2.75, 3.05) is 0 Å². The van der Waals surface area contributed by atoms with Gasteiger partial charge in [0.05, 0.1) is 0 Å². The average molecular weight is 198 g/mol. The zero-order valence-corrected chi connectivity index (χ0v) is 8.70. The van der Waals surface area contributed by atoms with Crippen LogP contribution in [0.3, 0.4) is 0 Å². The topological polar surface area (TPSA) is 17.1 Å². The van der Waals surface area contributed by atoms with Gasteiger partial charge in [0.2, 0.25) is 0 Å². The fraction of sp³-hybridized carbons (Fsp3) is 0.214. The van der Waals surface area contributed by atoms with Crippen LogP contribution in [0.25, 0.3) is 0 Å². The van der Waals surface area contributed by atoms with E-state index in [0.29, 0.717) is 6.42 Å². The first-order chi connectivity index (χ1) is 7.25. The summed E-state index contributed by atoms with van der Waals surface area (Å²) < 4.78 is 0. The van der Waals surface area contributed by atoms with E-state index in [2.05, 4.69) is 18.7 Å². The molecule has 1 aliphatic carbocycles. The molecule has 1 aromatic carbocycles. The Bertz CT molecular complexity index is 412. The molecule has 0 saturated carbocycles. The Morgan fingerprint density at radius 3 is 2.47 bits per heavy atom. The monoisotopic (exact) mass is 198 g/mol. The van der Waals surface area contributed by atoms with Crippen LogP contribution in [-0.2, 0) is 11.2 Å². The third-order valence-corrected chi connectivity index (χ3v) is 2.65. The van der Waals surface area contributed by atoms with E-state index in [9.17, 15) is 4.79 Å².